The molecule has 0 amide bonds. The van der Waals surface area contributed by atoms with Gasteiger partial charge in [0.1, 0.15) is 0 Å². The van der Waals surface area contributed by atoms with Crippen LogP contribution in [0.3, 0.4) is 0 Å². The van der Waals surface area contributed by atoms with E-state index < -0.39 is 5.97 Å². The summed E-state index contributed by atoms with van der Waals surface area (Å²) < 4.78 is 0. The summed E-state index contributed by atoms with van der Waals surface area (Å²) in [7, 11) is 0. The van der Waals surface area contributed by atoms with Gasteiger partial charge >= 0.3 is 5.97 Å². The maximum absolute atomic E-state index is 10.9. The fourth-order valence-corrected chi connectivity index (χ4v) is 2.37. The van der Waals surface area contributed by atoms with Crippen LogP contribution in [-0.4, -0.2) is 33.5 Å². The summed E-state index contributed by atoms with van der Waals surface area (Å²) in [4.78, 5) is 17.3. The minimum atomic E-state index is -0.763. The number of hydrogen-bond donors (Lipinski definition) is 1. The van der Waals surface area contributed by atoms with Crippen molar-refractivity contribution in [3.05, 3.63) is 42.1 Å². The lowest BCUT2D eigenvalue weighted by molar-refractivity contribution is -0.138. The first-order valence-corrected chi connectivity index (χ1v) is 6.52. The van der Waals surface area contributed by atoms with Crippen LogP contribution in [0, 0.1) is 0 Å². The summed E-state index contributed by atoms with van der Waals surface area (Å²) in [6.45, 7) is 0.770. The number of nitrogens with zero attached hydrogens (tertiary/aromatic N) is 2. The standard InChI is InChI=1S/C15H16N2O2/c18-15(19)10-17(13-5-6-13)9-11-7-12-3-1-2-4-14(12)16-8-11/h1-4,7-8,13H,5-6,9-10H2,(H,18,19). The zero-order valence-electron chi connectivity index (χ0n) is 10.6. The van der Waals surface area contributed by atoms with Gasteiger partial charge in [-0.05, 0) is 30.5 Å². The summed E-state index contributed by atoms with van der Waals surface area (Å²) in [5.41, 5.74) is 2.05. The minimum absolute atomic E-state index is 0.109. The molecule has 0 aliphatic heterocycles. The number of fused-ring (bicyclic) bond motifs is 1. The normalized spacial score (nSPS) is 15.0. The van der Waals surface area contributed by atoms with Gasteiger partial charge < -0.3 is 5.11 Å². The Bertz CT molecular complexity index is 608. The Kier molecular flexibility index (Phi) is 3.17. The zero-order valence-corrected chi connectivity index (χ0v) is 10.6. The number of pyridine rings is 1. The molecule has 0 atom stereocenters. The highest BCUT2D eigenvalue weighted by Gasteiger charge is 2.30. The van der Waals surface area contributed by atoms with Gasteiger partial charge in [-0.3, -0.25) is 14.7 Å². The first kappa shape index (κ1) is 12.1. The first-order chi connectivity index (χ1) is 9.22. The van der Waals surface area contributed by atoms with Gasteiger partial charge in [0.2, 0.25) is 0 Å². The average molecular weight is 256 g/mol. The van der Waals surface area contributed by atoms with Crippen LogP contribution < -0.4 is 0 Å². The van der Waals surface area contributed by atoms with Crippen LogP contribution >= 0.6 is 0 Å². The Morgan fingerprint density at radius 3 is 2.89 bits per heavy atom. The quantitative estimate of drug-likeness (QED) is 0.891. The molecule has 19 heavy (non-hydrogen) atoms. The molecule has 4 heteroatoms. The number of carboxylic acid groups (broad SMARTS) is 1. The lowest BCUT2D eigenvalue weighted by Gasteiger charge is -2.19. The maximum atomic E-state index is 10.9. The number of benzene rings is 1. The smallest absolute Gasteiger partial charge is 0.317 e. The van der Waals surface area contributed by atoms with E-state index in [2.05, 4.69) is 11.1 Å². The van der Waals surface area contributed by atoms with Crippen LogP contribution in [0.1, 0.15) is 18.4 Å². The molecule has 1 heterocycles. The molecule has 98 valence electrons. The van der Waals surface area contributed by atoms with Crippen molar-refractivity contribution in [2.75, 3.05) is 6.54 Å². The summed E-state index contributed by atoms with van der Waals surface area (Å²) >= 11 is 0. The Hall–Kier alpha value is -1.94. The Morgan fingerprint density at radius 1 is 1.37 bits per heavy atom. The first-order valence-electron chi connectivity index (χ1n) is 6.52. The van der Waals surface area contributed by atoms with Crippen molar-refractivity contribution in [1.29, 1.82) is 0 Å². The van der Waals surface area contributed by atoms with Gasteiger partial charge in [-0.15, -0.1) is 0 Å². The number of carboxylic acids is 1. The van der Waals surface area contributed by atoms with Crippen LogP contribution in [0.2, 0.25) is 0 Å². The fraction of sp³-hybridized carbons (Fsp3) is 0.333. The monoisotopic (exact) mass is 256 g/mol. The molecule has 1 N–H and O–H groups in total. The SMILES string of the molecule is O=C(O)CN(Cc1cnc2ccccc2c1)C1CC1. The number of para-hydroxylation sites is 1. The summed E-state index contributed by atoms with van der Waals surface area (Å²) in [5.74, 6) is -0.763. The van der Waals surface area contributed by atoms with Crippen molar-refractivity contribution < 1.29 is 9.90 Å². The second kappa shape index (κ2) is 4.97. The van der Waals surface area contributed by atoms with Crippen molar-refractivity contribution >= 4 is 16.9 Å². The largest absolute Gasteiger partial charge is 0.480 e. The molecule has 3 rings (SSSR count). The number of rotatable bonds is 5. The minimum Gasteiger partial charge on any atom is -0.480 e. The third-order valence-electron chi connectivity index (χ3n) is 3.43. The van der Waals surface area contributed by atoms with E-state index in [4.69, 9.17) is 5.11 Å². The molecule has 1 saturated carbocycles. The highest BCUT2D eigenvalue weighted by molar-refractivity contribution is 5.78. The molecule has 1 aliphatic carbocycles. The van der Waals surface area contributed by atoms with Gasteiger partial charge in [0.15, 0.2) is 0 Å². The van der Waals surface area contributed by atoms with Crippen molar-refractivity contribution in [2.24, 2.45) is 0 Å². The lowest BCUT2D eigenvalue weighted by atomic mass is 10.1. The second-order valence-corrected chi connectivity index (χ2v) is 5.07. The lowest BCUT2D eigenvalue weighted by Crippen LogP contribution is -2.31. The van der Waals surface area contributed by atoms with E-state index in [0.29, 0.717) is 12.6 Å². The summed E-state index contributed by atoms with van der Waals surface area (Å²) in [6, 6.07) is 10.5. The topological polar surface area (TPSA) is 53.4 Å². The number of carbonyl (C=O) groups is 1. The van der Waals surface area contributed by atoms with E-state index in [1.165, 1.54) is 0 Å². The molecule has 1 aromatic heterocycles. The van der Waals surface area contributed by atoms with Gasteiger partial charge in [-0.1, -0.05) is 18.2 Å². The number of aromatic nitrogens is 1. The molecule has 0 radical (unpaired) electrons. The second-order valence-electron chi connectivity index (χ2n) is 5.07. The number of aliphatic carboxylic acids is 1. The molecular weight excluding hydrogens is 240 g/mol. The molecule has 0 bridgehead atoms. The van der Waals surface area contributed by atoms with Gasteiger partial charge in [-0.2, -0.15) is 0 Å². The highest BCUT2D eigenvalue weighted by Crippen LogP contribution is 2.28. The summed E-state index contributed by atoms with van der Waals surface area (Å²) in [5, 5.41) is 10.1. The molecule has 0 unspecified atom stereocenters. The predicted molar refractivity (Wildman–Crippen MR) is 72.8 cm³/mol. The fourth-order valence-electron chi connectivity index (χ4n) is 2.37. The van der Waals surface area contributed by atoms with E-state index in [-0.39, 0.29) is 6.54 Å². The van der Waals surface area contributed by atoms with Crippen LogP contribution in [0.4, 0.5) is 0 Å². The Balaban J connectivity index is 1.80. The Labute approximate surface area is 111 Å². The zero-order chi connectivity index (χ0) is 13.2. The van der Waals surface area contributed by atoms with Crippen molar-refractivity contribution in [3.63, 3.8) is 0 Å². The van der Waals surface area contributed by atoms with E-state index in [9.17, 15) is 4.79 Å². The summed E-state index contributed by atoms with van der Waals surface area (Å²) in [6.07, 6.45) is 4.06. The molecular formula is C15H16N2O2. The molecule has 0 saturated heterocycles. The van der Waals surface area contributed by atoms with Gasteiger partial charge in [0, 0.05) is 24.2 Å². The molecule has 0 spiro atoms. The molecule has 4 nitrogen and oxygen atoms in total. The highest BCUT2D eigenvalue weighted by atomic mass is 16.4. The molecule has 1 fully saturated rings. The Morgan fingerprint density at radius 2 is 2.16 bits per heavy atom. The van der Waals surface area contributed by atoms with Crippen LogP contribution in [-0.2, 0) is 11.3 Å². The van der Waals surface area contributed by atoms with Gasteiger partial charge in [0.25, 0.3) is 0 Å². The third-order valence-corrected chi connectivity index (χ3v) is 3.43. The molecule has 1 aromatic carbocycles. The van der Waals surface area contributed by atoms with Crippen LogP contribution in [0.5, 0.6) is 0 Å². The van der Waals surface area contributed by atoms with Crippen molar-refractivity contribution in [1.82, 2.24) is 9.88 Å². The van der Waals surface area contributed by atoms with Gasteiger partial charge in [-0.25, -0.2) is 0 Å². The van der Waals surface area contributed by atoms with Gasteiger partial charge in [0.05, 0.1) is 12.1 Å². The van der Waals surface area contributed by atoms with Crippen molar-refractivity contribution in [2.45, 2.75) is 25.4 Å². The van der Waals surface area contributed by atoms with E-state index in [1.54, 1.807) is 0 Å². The van der Waals surface area contributed by atoms with E-state index in [1.807, 2.05) is 35.4 Å². The average Bonchev–Trinajstić information content (AvgIpc) is 3.21. The number of hydrogen-bond acceptors (Lipinski definition) is 3. The predicted octanol–water partition coefficient (Wildman–Crippen LogP) is 2.28. The maximum Gasteiger partial charge on any atom is 0.317 e. The molecule has 2 aromatic rings. The van der Waals surface area contributed by atoms with Crippen LogP contribution in [0.25, 0.3) is 10.9 Å². The third kappa shape index (κ3) is 2.90. The molecule has 1 aliphatic rings. The van der Waals surface area contributed by atoms with Crippen LogP contribution in [0.15, 0.2) is 36.5 Å². The van der Waals surface area contributed by atoms with E-state index >= 15 is 0 Å². The van der Waals surface area contributed by atoms with E-state index in [0.717, 1.165) is 29.3 Å². The van der Waals surface area contributed by atoms with Crippen molar-refractivity contribution in [3.8, 4) is 0 Å².